The van der Waals surface area contributed by atoms with Gasteiger partial charge in [0.15, 0.2) is 0 Å². The smallest absolute Gasteiger partial charge is 0.252 e. The van der Waals surface area contributed by atoms with Crippen LogP contribution >= 0.6 is 0 Å². The van der Waals surface area contributed by atoms with E-state index in [0.717, 1.165) is 0 Å². The van der Waals surface area contributed by atoms with Crippen molar-refractivity contribution in [3.05, 3.63) is 174 Å². The van der Waals surface area contributed by atoms with Crippen LogP contribution in [-0.2, 0) is 10.8 Å². The minimum atomic E-state index is -0.0250. The summed E-state index contributed by atoms with van der Waals surface area (Å²) in [6, 6.07) is 59.7. The van der Waals surface area contributed by atoms with Gasteiger partial charge in [0.1, 0.15) is 0 Å². The fourth-order valence-electron chi connectivity index (χ4n) is 17.7. The van der Waals surface area contributed by atoms with E-state index in [4.69, 9.17) is 0 Å². The highest BCUT2D eigenvalue weighted by atomic mass is 15.2. The van der Waals surface area contributed by atoms with Crippen molar-refractivity contribution in [2.75, 3.05) is 9.80 Å². The first-order chi connectivity index (χ1) is 31.5. The largest absolute Gasteiger partial charge is 0.311 e. The van der Waals surface area contributed by atoms with Crippen LogP contribution in [0, 0.1) is 33.5 Å². The zero-order valence-electron chi connectivity index (χ0n) is 38.8. The minimum Gasteiger partial charge on any atom is -0.311 e. The van der Waals surface area contributed by atoms with Gasteiger partial charge in [0.05, 0.1) is 0 Å². The van der Waals surface area contributed by atoms with Gasteiger partial charge in [0.2, 0.25) is 0 Å². The van der Waals surface area contributed by atoms with Crippen LogP contribution in [0.25, 0.3) is 22.3 Å². The molecule has 0 saturated heterocycles. The molecule has 6 aliphatic carbocycles. The van der Waals surface area contributed by atoms with Gasteiger partial charge in [0.25, 0.3) is 6.71 Å². The first kappa shape index (κ1) is 37.4. The summed E-state index contributed by atoms with van der Waals surface area (Å²) in [7, 11) is 0. The number of anilines is 6. The van der Waals surface area contributed by atoms with Gasteiger partial charge in [-0.2, -0.15) is 0 Å². The third-order valence-electron chi connectivity index (χ3n) is 21.4. The highest BCUT2D eigenvalue weighted by molar-refractivity contribution is 7.00. The van der Waals surface area contributed by atoms with E-state index < -0.39 is 0 Å². The Hall–Kier alpha value is -5.80. The third kappa shape index (κ3) is 3.90. The molecule has 2 aliphatic heterocycles. The molecule has 2 spiro atoms. The van der Waals surface area contributed by atoms with Crippen molar-refractivity contribution < 1.29 is 0 Å². The molecule has 3 heteroatoms. The maximum Gasteiger partial charge on any atom is 0.252 e. The Bertz CT molecular complexity index is 3210. The lowest BCUT2D eigenvalue weighted by atomic mass is 9.33. The summed E-state index contributed by atoms with van der Waals surface area (Å²) in [5.74, 6) is 1.42. The van der Waals surface area contributed by atoms with E-state index in [1.54, 1.807) is 22.3 Å². The molecule has 8 aliphatic rings. The van der Waals surface area contributed by atoms with Crippen LogP contribution in [0.2, 0.25) is 0 Å². The number of para-hydroxylation sites is 2. The lowest BCUT2D eigenvalue weighted by molar-refractivity contribution is 0.0990. The quantitative estimate of drug-likeness (QED) is 0.160. The van der Waals surface area contributed by atoms with E-state index in [-0.39, 0.29) is 39.2 Å². The molecule has 0 amide bonds. The number of nitrogens with zero attached hydrogens (tertiary/aromatic N) is 2. The molecule has 2 heterocycles. The molecule has 7 aromatic rings. The van der Waals surface area contributed by atoms with Gasteiger partial charge in [-0.25, -0.2) is 0 Å². The molecular formula is C62H57BN2. The van der Waals surface area contributed by atoms with E-state index >= 15 is 0 Å². The second kappa shape index (κ2) is 11.8. The molecule has 4 bridgehead atoms. The first-order valence-corrected chi connectivity index (χ1v) is 24.9. The third-order valence-corrected chi connectivity index (χ3v) is 21.4. The van der Waals surface area contributed by atoms with Crippen LogP contribution in [0.4, 0.5) is 34.1 Å². The van der Waals surface area contributed by atoms with Crippen molar-refractivity contribution >= 4 is 57.2 Å². The Morgan fingerprint density at radius 2 is 0.985 bits per heavy atom. The van der Waals surface area contributed by atoms with Crippen LogP contribution in [0.3, 0.4) is 0 Å². The average Bonchev–Trinajstić information content (AvgIpc) is 4.02. The predicted molar refractivity (Wildman–Crippen MR) is 271 cm³/mol. The topological polar surface area (TPSA) is 6.48 Å². The number of benzene rings is 7. The minimum absolute atomic E-state index is 0.0250. The van der Waals surface area contributed by atoms with Gasteiger partial charge >= 0.3 is 0 Å². The highest BCUT2D eigenvalue weighted by Gasteiger charge is 2.73. The van der Waals surface area contributed by atoms with E-state index in [1.807, 2.05) is 0 Å². The summed E-state index contributed by atoms with van der Waals surface area (Å²) >= 11 is 0. The molecule has 4 fully saturated rings. The van der Waals surface area contributed by atoms with Crippen molar-refractivity contribution in [1.82, 2.24) is 0 Å². The Morgan fingerprint density at radius 1 is 0.446 bits per heavy atom. The Morgan fingerprint density at radius 3 is 1.58 bits per heavy atom. The maximum atomic E-state index is 2.73. The van der Waals surface area contributed by atoms with E-state index in [1.165, 1.54) is 111 Å². The molecule has 2 nitrogen and oxygen atoms in total. The zero-order valence-corrected chi connectivity index (χ0v) is 38.8. The molecule has 65 heavy (non-hydrogen) atoms. The van der Waals surface area contributed by atoms with Gasteiger partial charge < -0.3 is 9.80 Å². The molecule has 15 rings (SSSR count). The van der Waals surface area contributed by atoms with Gasteiger partial charge in [0, 0.05) is 50.5 Å². The van der Waals surface area contributed by atoms with Gasteiger partial charge in [-0.05, 0) is 170 Å². The zero-order chi connectivity index (χ0) is 43.6. The van der Waals surface area contributed by atoms with Gasteiger partial charge in [-0.1, -0.05) is 151 Å². The molecule has 4 saturated carbocycles. The summed E-state index contributed by atoms with van der Waals surface area (Å²) in [5.41, 5.74) is 24.9. The number of fused-ring (bicyclic) bond motifs is 21. The van der Waals surface area contributed by atoms with Crippen LogP contribution in [0.15, 0.2) is 152 Å². The molecule has 6 atom stereocenters. The monoisotopic (exact) mass is 840 g/mol. The highest BCUT2D eigenvalue weighted by Crippen LogP contribution is 2.80. The molecule has 0 aromatic heterocycles. The van der Waals surface area contributed by atoms with E-state index in [2.05, 4.69) is 203 Å². The van der Waals surface area contributed by atoms with E-state index in [0.29, 0.717) is 11.8 Å². The van der Waals surface area contributed by atoms with Crippen molar-refractivity contribution in [2.24, 2.45) is 33.5 Å². The standard InChI is InChI=1S/C62H57BN2/c1-57(2)38-30-32-59(57,5)61(36-38)46-25-16-14-23-43(46)54-47(61)28-29-49-56(54)65(41-20-11-8-12-21-41)52-27-17-26-51-55(52)63(49)50-34-44-42-22-13-15-24-45(42)62(37-39-31-33-60(62,6)58(39,3)4)48(44)35-53(50)64(51)40-18-9-7-10-19-40/h7-29,34-35,38-39H,30-33,36-37H2,1-6H3/t38?,39-,59?,60?,61-,62-/m1/s1. The predicted octanol–water partition coefficient (Wildman–Crippen LogP) is 14.0. The number of hydrogen-bond donors (Lipinski definition) is 0. The van der Waals surface area contributed by atoms with Crippen LogP contribution < -0.4 is 26.2 Å². The number of rotatable bonds is 2. The van der Waals surface area contributed by atoms with Crippen LogP contribution in [-0.4, -0.2) is 6.71 Å². The van der Waals surface area contributed by atoms with Crippen molar-refractivity contribution in [2.45, 2.75) is 90.9 Å². The SMILES string of the molecule is CC1(C)C2CCC1(C)[C@]1(C2)c2ccccc2-c2c1ccc1c2N(c2ccccc2)c2cccc3c2B1c1cc2c(cc1N3c1ccccc1)[C@@]1(C[C@H]3CCC1(C)C3(C)C)c1ccccc1-2. The van der Waals surface area contributed by atoms with Crippen LogP contribution in [0.1, 0.15) is 102 Å². The molecule has 3 unspecified atom stereocenters. The second-order valence-corrected chi connectivity index (χ2v) is 23.3. The summed E-state index contributed by atoms with van der Waals surface area (Å²) in [5, 5.41) is 0. The molecule has 7 aromatic carbocycles. The van der Waals surface area contributed by atoms with E-state index in [9.17, 15) is 0 Å². The lowest BCUT2D eigenvalue weighted by Gasteiger charge is -2.49. The average molecular weight is 841 g/mol. The molecule has 0 N–H and O–H groups in total. The van der Waals surface area contributed by atoms with Crippen molar-refractivity contribution in [1.29, 1.82) is 0 Å². The maximum absolute atomic E-state index is 2.73. The number of hydrogen-bond acceptors (Lipinski definition) is 2. The summed E-state index contributed by atoms with van der Waals surface area (Å²) in [6.07, 6.45) is 7.69. The van der Waals surface area contributed by atoms with Gasteiger partial charge in [-0.3, -0.25) is 0 Å². The van der Waals surface area contributed by atoms with Gasteiger partial charge in [-0.15, -0.1) is 0 Å². The molecule has 0 radical (unpaired) electrons. The fraction of sp³-hybridized carbons (Fsp3) is 0.323. The Labute approximate surface area is 385 Å². The molecular weight excluding hydrogens is 784 g/mol. The normalized spacial score (nSPS) is 30.0. The summed E-state index contributed by atoms with van der Waals surface area (Å²) in [6.45, 7) is 15.8. The van der Waals surface area contributed by atoms with Crippen LogP contribution in [0.5, 0.6) is 0 Å². The van der Waals surface area contributed by atoms with Crippen molar-refractivity contribution in [3.63, 3.8) is 0 Å². The fourth-order valence-corrected chi connectivity index (χ4v) is 17.7. The molecule has 318 valence electrons. The Balaban J connectivity index is 1.06. The summed E-state index contributed by atoms with van der Waals surface area (Å²) < 4.78 is 0. The summed E-state index contributed by atoms with van der Waals surface area (Å²) in [4.78, 5) is 5.33. The lowest BCUT2D eigenvalue weighted by Crippen LogP contribution is -2.61. The van der Waals surface area contributed by atoms with Crippen molar-refractivity contribution in [3.8, 4) is 22.3 Å². The first-order valence-electron chi connectivity index (χ1n) is 24.9. The Kier molecular flexibility index (Phi) is 6.78. The second-order valence-electron chi connectivity index (χ2n) is 23.3.